The van der Waals surface area contributed by atoms with E-state index in [-0.39, 0.29) is 11.9 Å². The summed E-state index contributed by atoms with van der Waals surface area (Å²) >= 11 is 1.88. The average Bonchev–Trinajstić information content (AvgIpc) is 3.55. The van der Waals surface area contributed by atoms with Crippen molar-refractivity contribution in [2.24, 2.45) is 7.05 Å². The van der Waals surface area contributed by atoms with Gasteiger partial charge in [-0.05, 0) is 18.6 Å². The average molecular weight is 750 g/mol. The summed E-state index contributed by atoms with van der Waals surface area (Å²) in [5.41, 5.74) is 0. The molecule has 0 atom stereocenters. The van der Waals surface area contributed by atoms with Crippen LogP contribution >= 0.6 is 11.8 Å². The molecule has 0 radical (unpaired) electrons. The molecule has 0 aromatic carbocycles. The Hall–Kier alpha value is -1.54. The molecule has 0 spiro atoms. The van der Waals surface area contributed by atoms with Crippen LogP contribution in [0, 0.1) is 0 Å². The van der Waals surface area contributed by atoms with Crippen molar-refractivity contribution in [2.45, 2.75) is 207 Å². The molecule has 7 nitrogen and oxygen atoms in total. The van der Waals surface area contributed by atoms with E-state index in [0.29, 0.717) is 45.7 Å². The van der Waals surface area contributed by atoms with Crippen molar-refractivity contribution in [2.75, 3.05) is 37.8 Å². The highest BCUT2D eigenvalue weighted by atomic mass is 32.2. The van der Waals surface area contributed by atoms with Gasteiger partial charge >= 0.3 is 11.9 Å². The number of hydrogen-bond donors (Lipinski definition) is 0. The maximum Gasteiger partial charge on any atom is 0.307 e. The zero-order valence-electron chi connectivity index (χ0n) is 34.5. The predicted octanol–water partition coefficient (Wildman–Crippen LogP) is 12.4. The fourth-order valence-electron chi connectivity index (χ4n) is 6.68. The molecule has 0 saturated carbocycles. The number of nitrogens with zero attached hydrogens (tertiary/aromatic N) is 3. The largest absolute Gasteiger partial charge is 0.466 e. The minimum atomic E-state index is -0.174. The maximum absolute atomic E-state index is 12.5. The Bertz CT molecular complexity index is 875. The van der Waals surface area contributed by atoms with Crippen LogP contribution in [0.2, 0.25) is 0 Å². The topological polar surface area (TPSA) is 73.7 Å². The third-order valence-corrected chi connectivity index (χ3v) is 11.2. The first-order chi connectivity index (χ1) is 25.6. The van der Waals surface area contributed by atoms with E-state index in [9.17, 15) is 9.59 Å². The molecule has 1 aromatic heterocycles. The summed E-state index contributed by atoms with van der Waals surface area (Å²) in [6.45, 7) is 7.17. The fraction of sp³-hybridized carbons (Fsp3) is 0.886. The Morgan fingerprint density at radius 1 is 0.577 bits per heavy atom. The molecule has 0 saturated heterocycles. The number of aromatic nitrogens is 2. The van der Waals surface area contributed by atoms with Gasteiger partial charge in [-0.2, -0.15) is 11.8 Å². The van der Waals surface area contributed by atoms with Crippen LogP contribution in [-0.2, 0) is 32.7 Å². The lowest BCUT2D eigenvalue weighted by Crippen LogP contribution is -2.30. The van der Waals surface area contributed by atoms with Gasteiger partial charge in [0.2, 0.25) is 0 Å². The van der Waals surface area contributed by atoms with Crippen LogP contribution in [0.25, 0.3) is 0 Å². The predicted molar refractivity (Wildman–Crippen MR) is 223 cm³/mol. The number of ether oxygens (including phenoxy) is 2. The second-order valence-electron chi connectivity index (χ2n) is 15.1. The summed E-state index contributed by atoms with van der Waals surface area (Å²) in [4.78, 5) is 31.6. The molecule has 0 aliphatic carbocycles. The fourth-order valence-corrected chi connectivity index (χ4v) is 7.50. The highest BCUT2D eigenvalue weighted by Crippen LogP contribution is 2.15. The van der Waals surface area contributed by atoms with Gasteiger partial charge in [0.15, 0.2) is 0 Å². The van der Waals surface area contributed by atoms with E-state index < -0.39 is 0 Å². The molecular weight excluding hydrogens is 667 g/mol. The van der Waals surface area contributed by atoms with E-state index in [2.05, 4.69) is 23.7 Å². The minimum absolute atomic E-state index is 0.164. The monoisotopic (exact) mass is 750 g/mol. The van der Waals surface area contributed by atoms with Crippen LogP contribution < -0.4 is 0 Å². The minimum Gasteiger partial charge on any atom is -0.466 e. The summed E-state index contributed by atoms with van der Waals surface area (Å²) < 4.78 is 13.1. The van der Waals surface area contributed by atoms with Crippen molar-refractivity contribution < 1.29 is 19.1 Å². The molecule has 0 N–H and O–H groups in total. The van der Waals surface area contributed by atoms with Gasteiger partial charge in [-0.25, -0.2) is 4.98 Å². The standard InChI is InChI=1S/C44H83N3O4S/c1-4-6-8-10-12-14-16-18-19-20-21-23-25-27-29-37-50-43(48)31-34-47(41-42-45-33-36-46(42)3)35-32-44(49)51-38-40-52-39-30-28-26-24-22-17-15-13-11-9-7-5-2/h33,36H,4-32,34-35,37-41H2,1-3H3. The van der Waals surface area contributed by atoms with Crippen LogP contribution in [-0.4, -0.2) is 64.2 Å². The normalized spacial score (nSPS) is 11.5. The van der Waals surface area contributed by atoms with Crippen LogP contribution in [0.4, 0.5) is 0 Å². The first-order valence-electron chi connectivity index (χ1n) is 22.1. The van der Waals surface area contributed by atoms with Gasteiger partial charge in [0.25, 0.3) is 0 Å². The summed E-state index contributed by atoms with van der Waals surface area (Å²) in [5.74, 6) is 2.57. The second kappa shape index (κ2) is 37.8. The van der Waals surface area contributed by atoms with E-state index in [4.69, 9.17) is 9.47 Å². The number of aryl methyl sites for hydroxylation is 1. The van der Waals surface area contributed by atoms with E-state index in [1.807, 2.05) is 29.6 Å². The molecule has 0 amide bonds. The lowest BCUT2D eigenvalue weighted by Gasteiger charge is -2.21. The number of unbranched alkanes of at least 4 members (excludes halogenated alkanes) is 25. The molecule has 1 heterocycles. The Morgan fingerprint density at radius 3 is 1.40 bits per heavy atom. The molecule has 52 heavy (non-hydrogen) atoms. The zero-order chi connectivity index (χ0) is 37.6. The molecule has 1 rings (SSSR count). The summed E-state index contributed by atoms with van der Waals surface area (Å²) in [7, 11) is 1.97. The molecule has 1 aromatic rings. The van der Waals surface area contributed by atoms with Gasteiger partial charge in [-0.3, -0.25) is 14.5 Å². The van der Waals surface area contributed by atoms with Gasteiger partial charge in [0, 0.05) is 38.3 Å². The first kappa shape index (κ1) is 48.5. The Kier molecular flexibility index (Phi) is 35.2. The van der Waals surface area contributed by atoms with Gasteiger partial charge in [-0.15, -0.1) is 0 Å². The molecular formula is C44H83N3O4S. The summed E-state index contributed by atoms with van der Waals surface area (Å²) in [6.07, 6.45) is 40.6. The van der Waals surface area contributed by atoms with Crippen molar-refractivity contribution in [3.05, 3.63) is 18.2 Å². The molecule has 0 aliphatic rings. The Balaban J connectivity index is 2.06. The number of hydrogen-bond acceptors (Lipinski definition) is 7. The third-order valence-electron chi connectivity index (χ3n) is 10.2. The number of thioether (sulfide) groups is 1. The van der Waals surface area contributed by atoms with Crippen molar-refractivity contribution >= 4 is 23.7 Å². The molecule has 0 bridgehead atoms. The lowest BCUT2D eigenvalue weighted by molar-refractivity contribution is -0.144. The van der Waals surface area contributed by atoms with Crippen molar-refractivity contribution in [1.29, 1.82) is 0 Å². The summed E-state index contributed by atoms with van der Waals surface area (Å²) in [5, 5.41) is 0. The Labute approximate surface area is 325 Å². The van der Waals surface area contributed by atoms with E-state index >= 15 is 0 Å². The van der Waals surface area contributed by atoms with E-state index in [0.717, 1.165) is 30.2 Å². The number of carbonyl (C=O) groups excluding carboxylic acids is 2. The SMILES string of the molecule is CCCCCCCCCCCCCCCCCOC(=O)CCN(CCC(=O)OCCSCCCCCCCCCCCCCC)Cc1nccn1C. The Morgan fingerprint density at radius 2 is 0.981 bits per heavy atom. The third kappa shape index (κ3) is 31.9. The van der Waals surface area contributed by atoms with E-state index in [1.54, 1.807) is 6.20 Å². The highest BCUT2D eigenvalue weighted by Gasteiger charge is 2.15. The first-order valence-corrected chi connectivity index (χ1v) is 23.3. The van der Waals surface area contributed by atoms with Gasteiger partial charge in [-0.1, -0.05) is 174 Å². The van der Waals surface area contributed by atoms with Crippen LogP contribution in [0.1, 0.15) is 206 Å². The summed E-state index contributed by atoms with van der Waals surface area (Å²) in [6, 6.07) is 0. The van der Waals surface area contributed by atoms with Crippen molar-refractivity contribution in [3.63, 3.8) is 0 Å². The number of carbonyl (C=O) groups is 2. The quantitative estimate of drug-likeness (QED) is 0.0488. The second-order valence-corrected chi connectivity index (χ2v) is 16.3. The lowest BCUT2D eigenvalue weighted by atomic mass is 10.0. The molecule has 8 heteroatoms. The number of imidazole rings is 1. The van der Waals surface area contributed by atoms with Gasteiger partial charge < -0.3 is 14.0 Å². The zero-order valence-corrected chi connectivity index (χ0v) is 35.3. The molecule has 0 unspecified atom stereocenters. The van der Waals surface area contributed by atoms with Crippen molar-refractivity contribution in [1.82, 2.24) is 14.5 Å². The van der Waals surface area contributed by atoms with Crippen LogP contribution in [0.5, 0.6) is 0 Å². The molecule has 304 valence electrons. The van der Waals surface area contributed by atoms with Gasteiger partial charge in [0.05, 0.1) is 26.0 Å². The highest BCUT2D eigenvalue weighted by molar-refractivity contribution is 7.99. The molecule has 0 fully saturated rings. The number of rotatable bonds is 40. The van der Waals surface area contributed by atoms with Crippen LogP contribution in [0.3, 0.4) is 0 Å². The maximum atomic E-state index is 12.5. The molecule has 0 aliphatic heterocycles. The van der Waals surface area contributed by atoms with Gasteiger partial charge in [0.1, 0.15) is 12.4 Å². The van der Waals surface area contributed by atoms with Crippen molar-refractivity contribution in [3.8, 4) is 0 Å². The number of esters is 2. The van der Waals surface area contributed by atoms with Crippen LogP contribution in [0.15, 0.2) is 12.4 Å². The van der Waals surface area contributed by atoms with E-state index in [1.165, 1.54) is 161 Å². The smallest absolute Gasteiger partial charge is 0.307 e.